The average Bonchev–Trinajstić information content (AvgIpc) is 2.39. The summed E-state index contributed by atoms with van der Waals surface area (Å²) in [5, 5.41) is 3.41. The Morgan fingerprint density at radius 2 is 1.95 bits per heavy atom. The monoisotopic (exact) mass is 358 g/mol. The molecule has 0 aliphatic carbocycles. The summed E-state index contributed by atoms with van der Waals surface area (Å²) in [5.74, 6) is 1.58. The van der Waals surface area contributed by atoms with Crippen LogP contribution in [0.4, 0.5) is 0 Å². The fraction of sp³-hybridized carbons (Fsp3) is 0.625. The van der Waals surface area contributed by atoms with Crippen molar-refractivity contribution in [1.82, 2.24) is 10.2 Å². The second-order valence-electron chi connectivity index (χ2n) is 5.53. The van der Waals surface area contributed by atoms with Gasteiger partial charge in [0.25, 0.3) is 0 Å². The highest BCUT2D eigenvalue weighted by atomic mass is 79.9. The summed E-state index contributed by atoms with van der Waals surface area (Å²) in [7, 11) is 4.06. The summed E-state index contributed by atoms with van der Waals surface area (Å²) >= 11 is 3.60. The Morgan fingerprint density at radius 3 is 2.52 bits per heavy atom. The van der Waals surface area contributed by atoms with Gasteiger partial charge in [0, 0.05) is 19.1 Å². The molecule has 0 unspecified atom stereocenters. The van der Waals surface area contributed by atoms with Crippen LogP contribution in [-0.2, 0) is 6.54 Å². The molecule has 0 spiro atoms. The molecule has 0 saturated heterocycles. The van der Waals surface area contributed by atoms with Crippen molar-refractivity contribution in [2.75, 3.05) is 33.9 Å². The van der Waals surface area contributed by atoms with Crippen LogP contribution in [0.25, 0.3) is 0 Å². The van der Waals surface area contributed by atoms with Gasteiger partial charge >= 0.3 is 0 Å². The van der Waals surface area contributed by atoms with E-state index in [0.29, 0.717) is 19.3 Å². The SMILES string of the molecule is CCOc1cc(CNC(C)C)cc(Br)c1OCCN(C)C. The minimum absolute atomic E-state index is 0.454. The Morgan fingerprint density at radius 1 is 1.24 bits per heavy atom. The van der Waals surface area contributed by atoms with Crippen molar-refractivity contribution in [3.8, 4) is 11.5 Å². The van der Waals surface area contributed by atoms with Gasteiger partial charge in [-0.1, -0.05) is 13.8 Å². The smallest absolute Gasteiger partial charge is 0.175 e. The first-order chi connectivity index (χ1) is 9.93. The third-order valence-corrected chi connectivity index (χ3v) is 3.46. The first-order valence-electron chi connectivity index (χ1n) is 7.40. The van der Waals surface area contributed by atoms with Crippen LogP contribution in [0.2, 0.25) is 0 Å². The minimum Gasteiger partial charge on any atom is -0.490 e. The van der Waals surface area contributed by atoms with Crippen LogP contribution in [0, 0.1) is 0 Å². The second-order valence-corrected chi connectivity index (χ2v) is 6.38. The van der Waals surface area contributed by atoms with E-state index in [1.54, 1.807) is 0 Å². The molecule has 120 valence electrons. The molecule has 0 heterocycles. The maximum Gasteiger partial charge on any atom is 0.175 e. The highest BCUT2D eigenvalue weighted by Crippen LogP contribution is 2.37. The first kappa shape index (κ1) is 18.3. The topological polar surface area (TPSA) is 33.7 Å². The van der Waals surface area contributed by atoms with Crippen molar-refractivity contribution < 1.29 is 9.47 Å². The average molecular weight is 359 g/mol. The predicted molar refractivity (Wildman–Crippen MR) is 91.3 cm³/mol. The van der Waals surface area contributed by atoms with E-state index in [1.165, 1.54) is 5.56 Å². The maximum atomic E-state index is 5.88. The Labute approximate surface area is 136 Å². The van der Waals surface area contributed by atoms with Gasteiger partial charge in [0.15, 0.2) is 11.5 Å². The molecule has 0 aromatic heterocycles. The molecule has 1 rings (SSSR count). The predicted octanol–water partition coefficient (Wildman–Crippen LogP) is 3.29. The van der Waals surface area contributed by atoms with Crippen molar-refractivity contribution in [3.63, 3.8) is 0 Å². The molecule has 0 saturated carbocycles. The lowest BCUT2D eigenvalue weighted by Gasteiger charge is -2.17. The Hall–Kier alpha value is -0.780. The lowest BCUT2D eigenvalue weighted by molar-refractivity contribution is 0.242. The maximum absolute atomic E-state index is 5.88. The van der Waals surface area contributed by atoms with Crippen LogP contribution in [0.15, 0.2) is 16.6 Å². The van der Waals surface area contributed by atoms with Gasteiger partial charge in [0.2, 0.25) is 0 Å². The van der Waals surface area contributed by atoms with Gasteiger partial charge in [0.05, 0.1) is 11.1 Å². The van der Waals surface area contributed by atoms with Crippen molar-refractivity contribution in [1.29, 1.82) is 0 Å². The summed E-state index contributed by atoms with van der Waals surface area (Å²) in [5.41, 5.74) is 1.18. The van der Waals surface area contributed by atoms with Crippen LogP contribution < -0.4 is 14.8 Å². The lowest BCUT2D eigenvalue weighted by Crippen LogP contribution is -2.22. The molecule has 5 heteroatoms. The molecule has 0 fully saturated rings. The van der Waals surface area contributed by atoms with Crippen LogP contribution in [0.3, 0.4) is 0 Å². The molecule has 0 amide bonds. The quantitative estimate of drug-likeness (QED) is 0.734. The molecule has 21 heavy (non-hydrogen) atoms. The van der Waals surface area contributed by atoms with Crippen molar-refractivity contribution >= 4 is 15.9 Å². The molecule has 1 aromatic rings. The molecule has 0 aliphatic heterocycles. The first-order valence-corrected chi connectivity index (χ1v) is 8.19. The zero-order chi connectivity index (χ0) is 15.8. The number of benzene rings is 1. The van der Waals surface area contributed by atoms with E-state index in [9.17, 15) is 0 Å². The molecular formula is C16H27BrN2O2. The Kier molecular flexibility index (Phi) is 8.07. The lowest BCUT2D eigenvalue weighted by atomic mass is 10.2. The van der Waals surface area contributed by atoms with Crippen LogP contribution >= 0.6 is 15.9 Å². The van der Waals surface area contributed by atoms with E-state index >= 15 is 0 Å². The molecule has 0 atom stereocenters. The van der Waals surface area contributed by atoms with Gasteiger partial charge in [-0.15, -0.1) is 0 Å². The Bertz CT molecular complexity index is 437. The number of hydrogen-bond acceptors (Lipinski definition) is 4. The summed E-state index contributed by atoms with van der Waals surface area (Å²) in [4.78, 5) is 2.09. The third-order valence-electron chi connectivity index (χ3n) is 2.87. The minimum atomic E-state index is 0.454. The molecule has 1 aromatic carbocycles. The standard InChI is InChI=1S/C16H27BrN2O2/c1-6-20-15-10-13(11-18-12(2)3)9-14(17)16(15)21-8-7-19(4)5/h9-10,12,18H,6-8,11H2,1-5H3. The number of halogens is 1. The normalized spacial score (nSPS) is 11.2. The highest BCUT2D eigenvalue weighted by molar-refractivity contribution is 9.10. The second kappa shape index (κ2) is 9.28. The third kappa shape index (κ3) is 6.68. The molecule has 0 bridgehead atoms. The zero-order valence-electron chi connectivity index (χ0n) is 13.7. The van der Waals surface area contributed by atoms with E-state index in [1.807, 2.05) is 21.0 Å². The fourth-order valence-electron chi connectivity index (χ4n) is 1.78. The van der Waals surface area contributed by atoms with Crippen LogP contribution in [0.1, 0.15) is 26.3 Å². The number of hydrogen-bond donors (Lipinski definition) is 1. The molecule has 4 nitrogen and oxygen atoms in total. The number of ether oxygens (including phenoxy) is 2. The molecule has 0 radical (unpaired) electrons. The van der Waals surface area contributed by atoms with Gasteiger partial charge in [-0.05, 0) is 54.6 Å². The van der Waals surface area contributed by atoms with Gasteiger partial charge in [0.1, 0.15) is 6.61 Å². The fourth-order valence-corrected chi connectivity index (χ4v) is 2.38. The van der Waals surface area contributed by atoms with E-state index in [4.69, 9.17) is 9.47 Å². The van der Waals surface area contributed by atoms with Crippen molar-refractivity contribution in [2.24, 2.45) is 0 Å². The van der Waals surface area contributed by atoms with Crippen LogP contribution in [0.5, 0.6) is 11.5 Å². The summed E-state index contributed by atoms with van der Waals surface area (Å²) in [6, 6.07) is 4.59. The van der Waals surface area contributed by atoms with Gasteiger partial charge < -0.3 is 19.7 Å². The van der Waals surface area contributed by atoms with E-state index in [-0.39, 0.29) is 0 Å². The van der Waals surface area contributed by atoms with Crippen molar-refractivity contribution in [3.05, 3.63) is 22.2 Å². The zero-order valence-corrected chi connectivity index (χ0v) is 15.3. The summed E-state index contributed by atoms with van der Waals surface area (Å²) < 4.78 is 12.5. The number of rotatable bonds is 9. The molecule has 0 aliphatic rings. The largest absolute Gasteiger partial charge is 0.490 e. The van der Waals surface area contributed by atoms with Crippen molar-refractivity contribution in [2.45, 2.75) is 33.4 Å². The Balaban J connectivity index is 2.85. The van der Waals surface area contributed by atoms with E-state index < -0.39 is 0 Å². The summed E-state index contributed by atoms with van der Waals surface area (Å²) in [6.45, 7) is 9.20. The van der Waals surface area contributed by atoms with Gasteiger partial charge in [-0.3, -0.25) is 0 Å². The molecular weight excluding hydrogens is 332 g/mol. The molecule has 1 N–H and O–H groups in total. The number of likely N-dealkylation sites (N-methyl/N-ethyl adjacent to an activating group) is 1. The van der Waals surface area contributed by atoms with Gasteiger partial charge in [-0.2, -0.15) is 0 Å². The highest BCUT2D eigenvalue weighted by Gasteiger charge is 2.12. The number of nitrogens with zero attached hydrogens (tertiary/aromatic N) is 1. The van der Waals surface area contributed by atoms with Gasteiger partial charge in [-0.25, -0.2) is 0 Å². The van der Waals surface area contributed by atoms with Crippen LogP contribution in [-0.4, -0.2) is 44.8 Å². The van der Waals surface area contributed by atoms with E-state index in [2.05, 4.69) is 52.1 Å². The summed E-state index contributed by atoms with van der Waals surface area (Å²) in [6.07, 6.45) is 0. The van der Waals surface area contributed by atoms with E-state index in [0.717, 1.165) is 29.1 Å². The number of nitrogens with one attached hydrogen (secondary N) is 1.